The predicted molar refractivity (Wildman–Crippen MR) is 177 cm³/mol. The van der Waals surface area contributed by atoms with Gasteiger partial charge in [0.15, 0.2) is 0 Å². The average Bonchev–Trinajstić information content (AvgIpc) is 3.03. The molecule has 0 saturated heterocycles. The average molecular weight is 755 g/mol. The Labute approximate surface area is 295 Å². The molecule has 0 N–H and O–H groups in total. The van der Waals surface area contributed by atoms with E-state index in [2.05, 4.69) is 11.7 Å². The second-order valence-electron chi connectivity index (χ2n) is 11.8. The second kappa shape index (κ2) is 15.4. The maximum Gasteiger partial charge on any atom is 0.422 e. The number of hydrogen-bond acceptors (Lipinski definition) is 1. The molecule has 52 heavy (non-hydrogen) atoms. The summed E-state index contributed by atoms with van der Waals surface area (Å²) in [4.78, 5) is 0. The zero-order valence-electron chi connectivity index (χ0n) is 26.9. The van der Waals surface area contributed by atoms with Gasteiger partial charge in [0, 0.05) is 34.9 Å². The Morgan fingerprint density at radius 2 is 1.19 bits per heavy atom. The van der Waals surface area contributed by atoms with Crippen LogP contribution >= 0.6 is 11.6 Å². The lowest BCUT2D eigenvalue weighted by Gasteiger charge is -2.16. The van der Waals surface area contributed by atoms with Crippen LogP contribution in [0.3, 0.4) is 0 Å². The van der Waals surface area contributed by atoms with Crippen molar-refractivity contribution >= 4 is 17.7 Å². The fourth-order valence-corrected chi connectivity index (χ4v) is 5.83. The summed E-state index contributed by atoms with van der Waals surface area (Å²) < 4.78 is 159. The minimum atomic E-state index is -5.46. The highest BCUT2D eigenvalue weighted by Crippen LogP contribution is 2.39. The van der Waals surface area contributed by atoms with Crippen molar-refractivity contribution in [3.63, 3.8) is 0 Å². The molecule has 0 fully saturated rings. The highest BCUT2D eigenvalue weighted by atomic mass is 35.5. The number of halogens is 12. The van der Waals surface area contributed by atoms with E-state index >= 15 is 8.78 Å². The predicted octanol–water partition coefficient (Wildman–Crippen LogP) is 13.6. The van der Waals surface area contributed by atoms with Crippen LogP contribution in [-0.4, -0.2) is 6.11 Å². The van der Waals surface area contributed by atoms with E-state index in [1.54, 1.807) is 6.07 Å². The molecule has 0 atom stereocenters. The summed E-state index contributed by atoms with van der Waals surface area (Å²) in [5, 5.41) is -0.352. The van der Waals surface area contributed by atoms with Crippen molar-refractivity contribution < 1.29 is 53.0 Å². The molecule has 0 bridgehead atoms. The van der Waals surface area contributed by atoms with Gasteiger partial charge in [-0.2, -0.15) is 22.0 Å². The topological polar surface area (TPSA) is 9.23 Å². The lowest BCUT2D eigenvalue weighted by Crippen LogP contribution is -2.22. The summed E-state index contributed by atoms with van der Waals surface area (Å²) in [7, 11) is 0. The van der Waals surface area contributed by atoms with Crippen molar-refractivity contribution in [1.29, 1.82) is 0 Å². The summed E-state index contributed by atoms with van der Waals surface area (Å²) in [5.74, 6) is -10.5. The first-order chi connectivity index (χ1) is 24.5. The standard InChI is InChI=1S/C39H26ClF11O/c1-2-3-4-5-21-6-8-22(9-7-21)23-10-11-27(30(41)15-23)24-14-29(40)36(33(44)16-24)25-17-31(42)28(32(43)18-25)12-13-38(47,48)52-26-19-34(45)37(35(46)20-26)39(49,50)51/h6-20H,2-5H2,1H3/b13-12+. The number of alkyl halides is 5. The molecule has 0 spiro atoms. The fourth-order valence-electron chi connectivity index (χ4n) is 5.52. The summed E-state index contributed by atoms with van der Waals surface area (Å²) in [6, 6.07) is 15.1. The number of rotatable bonds is 11. The van der Waals surface area contributed by atoms with Gasteiger partial charge in [0.25, 0.3) is 0 Å². The van der Waals surface area contributed by atoms with Gasteiger partial charge < -0.3 is 4.74 Å². The molecule has 5 rings (SSSR count). The van der Waals surface area contributed by atoms with E-state index in [1.807, 2.05) is 24.3 Å². The lowest BCUT2D eigenvalue weighted by atomic mass is 9.96. The molecule has 13 heteroatoms. The summed E-state index contributed by atoms with van der Waals surface area (Å²) in [5.41, 5.74) is -1.78. The second-order valence-corrected chi connectivity index (χ2v) is 12.2. The van der Waals surface area contributed by atoms with Crippen LogP contribution in [0.4, 0.5) is 48.3 Å². The Morgan fingerprint density at radius 3 is 1.75 bits per heavy atom. The largest absolute Gasteiger partial charge is 0.429 e. The van der Waals surface area contributed by atoms with Gasteiger partial charge in [-0.1, -0.05) is 67.8 Å². The zero-order valence-corrected chi connectivity index (χ0v) is 27.7. The molecular weight excluding hydrogens is 729 g/mol. The van der Waals surface area contributed by atoms with E-state index < -0.39 is 75.2 Å². The Hall–Kier alpha value is -4.84. The highest BCUT2D eigenvalue weighted by molar-refractivity contribution is 6.33. The third-order valence-electron chi connectivity index (χ3n) is 8.04. The molecule has 272 valence electrons. The van der Waals surface area contributed by atoms with Gasteiger partial charge in [0.05, 0.1) is 5.02 Å². The quantitative estimate of drug-likeness (QED) is 0.0964. The lowest BCUT2D eigenvalue weighted by molar-refractivity contribution is -0.143. The first-order valence-electron chi connectivity index (χ1n) is 15.7. The molecule has 0 unspecified atom stereocenters. The number of aryl methyl sites for hydroxylation is 1. The SMILES string of the molecule is CCCCCc1ccc(-c2ccc(-c3cc(F)c(-c4cc(F)c(/C=C/C(F)(F)Oc5cc(F)c(C(F)(F)F)c(F)c5)c(F)c4)c(Cl)c3)c(F)c2)cc1. The molecule has 0 radical (unpaired) electrons. The van der Waals surface area contributed by atoms with E-state index in [-0.39, 0.29) is 40.4 Å². The highest BCUT2D eigenvalue weighted by Gasteiger charge is 2.39. The number of benzene rings is 5. The molecule has 0 aliphatic carbocycles. The van der Waals surface area contributed by atoms with Gasteiger partial charge >= 0.3 is 12.3 Å². The van der Waals surface area contributed by atoms with Crippen molar-refractivity contribution in [2.24, 2.45) is 0 Å². The molecule has 0 saturated carbocycles. The fraction of sp³-hybridized carbons (Fsp3) is 0.179. The van der Waals surface area contributed by atoms with Crippen LogP contribution in [0.25, 0.3) is 39.5 Å². The summed E-state index contributed by atoms with van der Waals surface area (Å²) in [6.07, 6.45) is -5.76. The van der Waals surface area contributed by atoms with E-state index in [0.29, 0.717) is 17.7 Å². The van der Waals surface area contributed by atoms with E-state index in [0.717, 1.165) is 42.9 Å². The number of unbranched alkanes of at least 4 members (excludes halogenated alkanes) is 2. The molecule has 0 heterocycles. The van der Waals surface area contributed by atoms with Gasteiger partial charge in [-0.3, -0.25) is 0 Å². The van der Waals surface area contributed by atoms with Crippen molar-refractivity contribution in [3.8, 4) is 39.1 Å². The van der Waals surface area contributed by atoms with Crippen molar-refractivity contribution in [3.05, 3.63) is 142 Å². The van der Waals surface area contributed by atoms with Crippen LogP contribution in [0.1, 0.15) is 42.9 Å². The van der Waals surface area contributed by atoms with Gasteiger partial charge in [0.2, 0.25) is 0 Å². The third kappa shape index (κ3) is 8.78. The monoisotopic (exact) mass is 754 g/mol. The van der Waals surface area contributed by atoms with Crippen LogP contribution in [0.5, 0.6) is 5.75 Å². The normalized spacial score (nSPS) is 12.2. The molecular formula is C39H26ClF11O. The van der Waals surface area contributed by atoms with Gasteiger partial charge in [-0.05, 0) is 77.1 Å². The summed E-state index contributed by atoms with van der Waals surface area (Å²) in [6.45, 7) is 2.12. The van der Waals surface area contributed by atoms with Gasteiger partial charge in [-0.15, -0.1) is 0 Å². The zero-order chi connectivity index (χ0) is 38.0. The van der Waals surface area contributed by atoms with Crippen molar-refractivity contribution in [1.82, 2.24) is 0 Å². The third-order valence-corrected chi connectivity index (χ3v) is 8.34. The molecule has 5 aromatic rings. The Bertz CT molecular complexity index is 2050. The van der Waals surface area contributed by atoms with E-state index in [1.165, 1.54) is 18.2 Å². The smallest absolute Gasteiger partial charge is 0.422 e. The van der Waals surface area contributed by atoms with E-state index in [9.17, 15) is 39.5 Å². The number of hydrogen-bond donors (Lipinski definition) is 0. The van der Waals surface area contributed by atoms with Crippen molar-refractivity contribution in [2.45, 2.75) is 44.9 Å². The van der Waals surface area contributed by atoms with Gasteiger partial charge in [-0.25, -0.2) is 26.3 Å². The van der Waals surface area contributed by atoms with Crippen LogP contribution in [0, 0.1) is 34.9 Å². The van der Waals surface area contributed by atoms with Crippen LogP contribution < -0.4 is 4.74 Å². The van der Waals surface area contributed by atoms with Gasteiger partial charge in [0.1, 0.15) is 46.2 Å². The molecule has 0 aliphatic rings. The summed E-state index contributed by atoms with van der Waals surface area (Å²) >= 11 is 6.31. The maximum absolute atomic E-state index is 15.4. The molecule has 0 aromatic heterocycles. The Kier molecular flexibility index (Phi) is 11.4. The maximum atomic E-state index is 15.4. The van der Waals surface area contributed by atoms with Crippen LogP contribution in [-0.2, 0) is 12.6 Å². The molecule has 5 aromatic carbocycles. The van der Waals surface area contributed by atoms with Crippen molar-refractivity contribution in [2.75, 3.05) is 0 Å². The first-order valence-corrected chi connectivity index (χ1v) is 16.0. The first kappa shape index (κ1) is 38.4. The Morgan fingerprint density at radius 1 is 0.615 bits per heavy atom. The minimum absolute atomic E-state index is 0.00458. The van der Waals surface area contributed by atoms with E-state index in [4.69, 9.17) is 11.6 Å². The molecule has 1 nitrogen and oxygen atoms in total. The molecule has 0 amide bonds. The molecule has 0 aliphatic heterocycles. The Balaban J connectivity index is 1.35. The minimum Gasteiger partial charge on any atom is -0.429 e. The number of ether oxygens (including phenoxy) is 1. The van der Waals surface area contributed by atoms with Crippen LogP contribution in [0.15, 0.2) is 84.9 Å². The van der Waals surface area contributed by atoms with Crippen LogP contribution in [0.2, 0.25) is 5.02 Å².